The van der Waals surface area contributed by atoms with Crippen molar-refractivity contribution in [2.75, 3.05) is 0 Å². The van der Waals surface area contributed by atoms with E-state index in [0.717, 1.165) is 11.3 Å². The number of nitrogens with zero attached hydrogens (tertiary/aromatic N) is 1. The van der Waals surface area contributed by atoms with E-state index in [1.807, 2.05) is 0 Å². The van der Waals surface area contributed by atoms with E-state index < -0.39 is 15.9 Å². The average Bonchev–Trinajstić information content (AvgIpc) is 2.83. The van der Waals surface area contributed by atoms with Crippen LogP contribution in [0.5, 0.6) is 0 Å². The van der Waals surface area contributed by atoms with Crippen LogP contribution in [0.1, 0.15) is 4.88 Å². The Balaban J connectivity index is 2.39. The second kappa shape index (κ2) is 4.68. The zero-order valence-corrected chi connectivity index (χ0v) is 10.2. The minimum Gasteiger partial charge on any atom is -0.857 e. The predicted molar refractivity (Wildman–Crippen MR) is 64.5 cm³/mol. The van der Waals surface area contributed by atoms with Gasteiger partial charge in [0, 0.05) is 10.8 Å². The fourth-order valence-corrected chi connectivity index (χ4v) is 2.79. The molecule has 0 spiro atoms. The van der Waals surface area contributed by atoms with Gasteiger partial charge in [-0.15, -0.1) is 11.3 Å². The maximum absolute atomic E-state index is 11.8. The molecule has 0 fully saturated rings. The highest BCUT2D eigenvalue weighted by atomic mass is 32.2. The van der Waals surface area contributed by atoms with Crippen LogP contribution in [0.3, 0.4) is 0 Å². The summed E-state index contributed by atoms with van der Waals surface area (Å²) in [4.78, 5) is 0.328. The van der Waals surface area contributed by atoms with E-state index in [9.17, 15) is 13.5 Å². The van der Waals surface area contributed by atoms with Crippen LogP contribution in [0.2, 0.25) is 0 Å². The molecule has 0 radical (unpaired) electrons. The van der Waals surface area contributed by atoms with Gasteiger partial charge in [-0.1, -0.05) is 24.3 Å². The molecular formula is C11H8NO3S2-. The maximum atomic E-state index is 11.8. The van der Waals surface area contributed by atoms with E-state index >= 15 is 0 Å². The van der Waals surface area contributed by atoms with Crippen molar-refractivity contribution >= 4 is 27.3 Å². The summed E-state index contributed by atoms with van der Waals surface area (Å²) in [6.07, 6.45) is 0. The third-order valence-corrected chi connectivity index (χ3v) is 4.11. The van der Waals surface area contributed by atoms with Crippen LogP contribution in [-0.2, 0) is 10.0 Å². The molecule has 0 amide bonds. The van der Waals surface area contributed by atoms with Crippen molar-refractivity contribution in [3.8, 4) is 0 Å². The number of hydrogen-bond acceptors (Lipinski definition) is 4. The van der Waals surface area contributed by atoms with Gasteiger partial charge in [-0.05, 0) is 23.6 Å². The highest BCUT2D eigenvalue weighted by molar-refractivity contribution is 7.90. The largest absolute Gasteiger partial charge is 0.857 e. The molecule has 0 N–H and O–H groups in total. The SMILES string of the molecule is O=S(=O)(/N=C(\[O-])c1cccs1)c1ccccc1. The number of sulfonamides is 1. The van der Waals surface area contributed by atoms with Gasteiger partial charge in [0.05, 0.1) is 4.90 Å². The molecule has 0 saturated carbocycles. The van der Waals surface area contributed by atoms with Crippen LogP contribution in [0.4, 0.5) is 0 Å². The molecule has 1 aromatic carbocycles. The van der Waals surface area contributed by atoms with Crippen LogP contribution in [0.15, 0.2) is 57.1 Å². The molecular weight excluding hydrogens is 258 g/mol. The summed E-state index contributed by atoms with van der Waals surface area (Å²) >= 11 is 1.16. The number of benzene rings is 1. The van der Waals surface area contributed by atoms with Gasteiger partial charge in [-0.2, -0.15) is 12.8 Å². The quantitative estimate of drug-likeness (QED) is 0.620. The Morgan fingerprint density at radius 1 is 1.12 bits per heavy atom. The summed E-state index contributed by atoms with van der Waals surface area (Å²) in [5, 5.41) is 13.3. The maximum Gasteiger partial charge on any atom is 0.281 e. The number of thiophene rings is 1. The molecule has 0 saturated heterocycles. The molecule has 0 aliphatic carbocycles. The zero-order chi connectivity index (χ0) is 12.3. The molecule has 2 rings (SSSR count). The fourth-order valence-electron chi connectivity index (χ4n) is 1.20. The van der Waals surface area contributed by atoms with Crippen molar-refractivity contribution in [1.82, 2.24) is 0 Å². The van der Waals surface area contributed by atoms with Gasteiger partial charge in [0.2, 0.25) is 0 Å². The van der Waals surface area contributed by atoms with E-state index in [0.29, 0.717) is 4.88 Å². The first kappa shape index (κ1) is 11.8. The molecule has 4 nitrogen and oxygen atoms in total. The van der Waals surface area contributed by atoms with E-state index in [-0.39, 0.29) is 4.90 Å². The van der Waals surface area contributed by atoms with Crippen molar-refractivity contribution in [3.05, 3.63) is 52.7 Å². The number of rotatable bonds is 3. The Labute approximate surface area is 103 Å². The minimum absolute atomic E-state index is 0.0184. The van der Waals surface area contributed by atoms with Gasteiger partial charge in [0.15, 0.2) is 0 Å². The Morgan fingerprint density at radius 2 is 1.82 bits per heavy atom. The van der Waals surface area contributed by atoms with Gasteiger partial charge >= 0.3 is 0 Å². The van der Waals surface area contributed by atoms with Crippen LogP contribution in [-0.4, -0.2) is 14.3 Å². The van der Waals surface area contributed by atoms with Crippen LogP contribution in [0, 0.1) is 0 Å². The van der Waals surface area contributed by atoms with Gasteiger partial charge in [0.25, 0.3) is 10.0 Å². The van der Waals surface area contributed by atoms with Crippen LogP contribution >= 0.6 is 11.3 Å². The lowest BCUT2D eigenvalue weighted by Gasteiger charge is -2.07. The topological polar surface area (TPSA) is 69.6 Å². The molecule has 6 heteroatoms. The normalized spacial score (nSPS) is 12.6. The van der Waals surface area contributed by atoms with Gasteiger partial charge in [-0.3, -0.25) is 0 Å². The molecule has 1 heterocycles. The second-order valence-electron chi connectivity index (χ2n) is 3.16. The van der Waals surface area contributed by atoms with Crippen molar-refractivity contribution in [2.45, 2.75) is 4.90 Å². The van der Waals surface area contributed by atoms with E-state index in [1.54, 1.807) is 29.6 Å². The molecule has 2 aromatic rings. The predicted octanol–water partition coefficient (Wildman–Crippen LogP) is 1.24. The van der Waals surface area contributed by atoms with Crippen molar-refractivity contribution in [1.29, 1.82) is 0 Å². The van der Waals surface area contributed by atoms with E-state index in [1.165, 1.54) is 18.2 Å². The number of hydrogen-bond donors (Lipinski definition) is 0. The lowest BCUT2D eigenvalue weighted by molar-refractivity contribution is -0.211. The molecule has 88 valence electrons. The summed E-state index contributed by atoms with van der Waals surface area (Å²) in [6, 6.07) is 10.9. The van der Waals surface area contributed by atoms with E-state index in [4.69, 9.17) is 0 Å². The van der Waals surface area contributed by atoms with Crippen molar-refractivity contribution in [3.63, 3.8) is 0 Å². The van der Waals surface area contributed by atoms with Gasteiger partial charge in [0.1, 0.15) is 0 Å². The average molecular weight is 266 g/mol. The summed E-state index contributed by atoms with van der Waals surface area (Å²) in [5.74, 6) is -0.733. The Bertz CT molecular complexity index is 616. The summed E-state index contributed by atoms with van der Waals surface area (Å²) in [5.41, 5.74) is 0. The highest BCUT2D eigenvalue weighted by Gasteiger charge is 2.11. The van der Waals surface area contributed by atoms with Crippen LogP contribution in [0.25, 0.3) is 0 Å². The zero-order valence-electron chi connectivity index (χ0n) is 8.61. The lowest BCUT2D eigenvalue weighted by atomic mass is 10.4. The molecule has 0 aliphatic heterocycles. The third-order valence-electron chi connectivity index (χ3n) is 1.98. The summed E-state index contributed by atoms with van der Waals surface area (Å²) < 4.78 is 26.8. The first-order valence-corrected chi connectivity index (χ1v) is 7.02. The standard InChI is InChI=1S/C11H9NO3S2/c13-11(10-7-4-8-16-10)12-17(14,15)9-5-2-1-3-6-9/h1-8H,(H,12,13)/p-1. The Hall–Kier alpha value is -1.66. The summed E-state index contributed by atoms with van der Waals surface area (Å²) in [7, 11) is -3.90. The smallest absolute Gasteiger partial charge is 0.281 e. The van der Waals surface area contributed by atoms with Crippen LogP contribution < -0.4 is 5.11 Å². The first-order valence-electron chi connectivity index (χ1n) is 4.70. The van der Waals surface area contributed by atoms with Crippen molar-refractivity contribution in [2.24, 2.45) is 4.40 Å². The van der Waals surface area contributed by atoms with Gasteiger partial charge < -0.3 is 5.11 Å². The molecule has 17 heavy (non-hydrogen) atoms. The first-order chi connectivity index (χ1) is 8.09. The summed E-state index contributed by atoms with van der Waals surface area (Å²) in [6.45, 7) is 0. The van der Waals surface area contributed by atoms with E-state index in [2.05, 4.69) is 4.40 Å². The monoisotopic (exact) mass is 266 g/mol. The van der Waals surface area contributed by atoms with Gasteiger partial charge in [-0.25, -0.2) is 0 Å². The highest BCUT2D eigenvalue weighted by Crippen LogP contribution is 2.14. The molecule has 0 atom stereocenters. The minimum atomic E-state index is -3.90. The lowest BCUT2D eigenvalue weighted by Crippen LogP contribution is -2.19. The molecule has 1 aromatic heterocycles. The Kier molecular flexibility index (Phi) is 3.26. The van der Waals surface area contributed by atoms with Crippen molar-refractivity contribution < 1.29 is 13.5 Å². The third kappa shape index (κ3) is 2.72. The second-order valence-corrected chi connectivity index (χ2v) is 5.71. The fraction of sp³-hybridized carbons (Fsp3) is 0. The molecule has 0 bridgehead atoms. The Morgan fingerprint density at radius 3 is 2.41 bits per heavy atom. The molecule has 0 unspecified atom stereocenters. The molecule has 0 aliphatic rings.